The molecule has 0 radical (unpaired) electrons. The van der Waals surface area contributed by atoms with Gasteiger partial charge in [0.2, 0.25) is 0 Å². The van der Waals surface area contributed by atoms with E-state index >= 15 is 0 Å². The topological polar surface area (TPSA) is 60.7 Å². The Morgan fingerprint density at radius 1 is 1.40 bits per heavy atom. The fraction of sp³-hybridized carbons (Fsp3) is 0.100. The van der Waals surface area contributed by atoms with Gasteiger partial charge in [0, 0.05) is 4.47 Å². The number of anilines is 1. The number of rotatable bonds is 2. The molecule has 0 aliphatic heterocycles. The highest BCUT2D eigenvalue weighted by Crippen LogP contribution is 2.25. The van der Waals surface area contributed by atoms with Gasteiger partial charge in [-0.05, 0) is 28.1 Å². The van der Waals surface area contributed by atoms with Gasteiger partial charge in [-0.25, -0.2) is 4.79 Å². The predicted molar refractivity (Wildman–Crippen MR) is 63.9 cm³/mol. The van der Waals surface area contributed by atoms with Crippen LogP contribution < -0.4 is 11.0 Å². The summed E-state index contributed by atoms with van der Waals surface area (Å²) in [6.45, 7) is 0.443. The van der Waals surface area contributed by atoms with Crippen LogP contribution in [-0.2, 0) is 0 Å². The van der Waals surface area contributed by atoms with Crippen molar-refractivity contribution in [3.05, 3.63) is 27.1 Å². The van der Waals surface area contributed by atoms with E-state index in [1.54, 1.807) is 0 Å². The summed E-state index contributed by atoms with van der Waals surface area (Å²) in [6.07, 6.45) is 5.15. The third-order valence-electron chi connectivity index (χ3n) is 1.98. The van der Waals surface area contributed by atoms with Gasteiger partial charge in [-0.2, -0.15) is 0 Å². The van der Waals surface area contributed by atoms with Crippen molar-refractivity contribution in [3.8, 4) is 12.3 Å². The molecule has 0 atom stereocenters. The first-order valence-electron chi connectivity index (χ1n) is 4.29. The molecule has 1 heterocycles. The molecule has 0 aliphatic carbocycles. The number of hydrogen-bond donors (Lipinski definition) is 3. The first kappa shape index (κ1) is 9.87. The molecule has 0 bridgehead atoms. The smallest absolute Gasteiger partial charge is 0.323 e. The highest BCUT2D eigenvalue weighted by Gasteiger charge is 2.04. The fourth-order valence-electron chi connectivity index (χ4n) is 1.34. The van der Waals surface area contributed by atoms with Gasteiger partial charge < -0.3 is 15.3 Å². The lowest BCUT2D eigenvalue weighted by Gasteiger charge is -2.04. The van der Waals surface area contributed by atoms with Gasteiger partial charge in [0.05, 0.1) is 23.3 Å². The molecule has 1 aromatic heterocycles. The Bertz CT molecular complexity index is 591. The second-order valence-corrected chi connectivity index (χ2v) is 3.87. The number of halogens is 1. The molecule has 0 saturated carbocycles. The molecular formula is C10H8BrN3O. The number of hydrogen-bond acceptors (Lipinski definition) is 2. The predicted octanol–water partition coefficient (Wildman–Crippen LogP) is 1.66. The molecule has 1 aromatic carbocycles. The Morgan fingerprint density at radius 3 is 2.73 bits per heavy atom. The fourth-order valence-corrected chi connectivity index (χ4v) is 1.82. The van der Waals surface area contributed by atoms with E-state index in [0.29, 0.717) is 6.54 Å². The Morgan fingerprint density at radius 2 is 2.07 bits per heavy atom. The third-order valence-corrected chi connectivity index (χ3v) is 2.64. The molecule has 3 N–H and O–H groups in total. The van der Waals surface area contributed by atoms with Crippen LogP contribution in [-0.4, -0.2) is 16.5 Å². The van der Waals surface area contributed by atoms with Crippen LogP contribution in [0.2, 0.25) is 0 Å². The summed E-state index contributed by atoms with van der Waals surface area (Å²) in [5.74, 6) is 2.48. The van der Waals surface area contributed by atoms with Crippen molar-refractivity contribution in [2.24, 2.45) is 0 Å². The number of imidazole rings is 1. The lowest BCUT2D eigenvalue weighted by molar-refractivity contribution is 1.21. The lowest BCUT2D eigenvalue weighted by atomic mass is 10.3. The minimum atomic E-state index is -0.217. The Hall–Kier alpha value is -1.67. The number of benzene rings is 1. The number of fused-ring (bicyclic) bond motifs is 1. The van der Waals surface area contributed by atoms with Crippen molar-refractivity contribution in [2.75, 3.05) is 11.9 Å². The molecule has 5 heteroatoms. The molecule has 0 fully saturated rings. The average Bonchev–Trinajstić information content (AvgIpc) is 2.53. The van der Waals surface area contributed by atoms with Crippen LogP contribution in [0.5, 0.6) is 0 Å². The number of H-pyrrole nitrogens is 2. The first-order chi connectivity index (χ1) is 7.20. The molecule has 2 rings (SSSR count). The van der Waals surface area contributed by atoms with E-state index in [4.69, 9.17) is 6.42 Å². The summed E-state index contributed by atoms with van der Waals surface area (Å²) in [6, 6.07) is 3.65. The van der Waals surface area contributed by atoms with E-state index in [0.717, 1.165) is 21.2 Å². The van der Waals surface area contributed by atoms with Crippen molar-refractivity contribution < 1.29 is 0 Å². The molecule has 0 spiro atoms. The number of aromatic amines is 2. The minimum absolute atomic E-state index is 0.217. The zero-order chi connectivity index (χ0) is 10.8. The van der Waals surface area contributed by atoms with E-state index in [-0.39, 0.29) is 5.69 Å². The van der Waals surface area contributed by atoms with Gasteiger partial charge in [0.25, 0.3) is 0 Å². The van der Waals surface area contributed by atoms with Crippen LogP contribution in [0.25, 0.3) is 11.0 Å². The van der Waals surface area contributed by atoms with Gasteiger partial charge >= 0.3 is 5.69 Å². The number of nitrogens with one attached hydrogen (secondary N) is 3. The zero-order valence-electron chi connectivity index (χ0n) is 7.73. The van der Waals surface area contributed by atoms with Crippen molar-refractivity contribution in [1.82, 2.24) is 9.97 Å². The zero-order valence-corrected chi connectivity index (χ0v) is 9.31. The van der Waals surface area contributed by atoms with Crippen LogP contribution in [0.4, 0.5) is 5.69 Å². The van der Waals surface area contributed by atoms with Gasteiger partial charge in [0.1, 0.15) is 0 Å². The normalized spacial score (nSPS) is 10.1. The molecule has 15 heavy (non-hydrogen) atoms. The van der Waals surface area contributed by atoms with Crippen molar-refractivity contribution in [1.29, 1.82) is 0 Å². The molecule has 0 aliphatic rings. The molecule has 2 aromatic rings. The highest BCUT2D eigenvalue weighted by atomic mass is 79.9. The maximum Gasteiger partial charge on any atom is 0.323 e. The molecular weight excluding hydrogens is 258 g/mol. The quantitative estimate of drug-likeness (QED) is 0.724. The van der Waals surface area contributed by atoms with Crippen LogP contribution in [0.3, 0.4) is 0 Å². The van der Waals surface area contributed by atoms with E-state index in [1.165, 1.54) is 0 Å². The van der Waals surface area contributed by atoms with Crippen molar-refractivity contribution >= 4 is 32.7 Å². The molecule has 76 valence electrons. The van der Waals surface area contributed by atoms with Crippen LogP contribution >= 0.6 is 15.9 Å². The molecule has 0 saturated heterocycles. The van der Waals surface area contributed by atoms with Crippen molar-refractivity contribution in [3.63, 3.8) is 0 Å². The second-order valence-electron chi connectivity index (χ2n) is 3.01. The second kappa shape index (κ2) is 3.83. The largest absolute Gasteiger partial charge is 0.373 e. The Kier molecular flexibility index (Phi) is 2.52. The van der Waals surface area contributed by atoms with E-state index in [1.807, 2.05) is 12.1 Å². The minimum Gasteiger partial charge on any atom is -0.373 e. The Labute approximate surface area is 94.2 Å². The van der Waals surface area contributed by atoms with Crippen LogP contribution in [0, 0.1) is 12.3 Å². The highest BCUT2D eigenvalue weighted by molar-refractivity contribution is 9.10. The van der Waals surface area contributed by atoms with Crippen LogP contribution in [0.1, 0.15) is 0 Å². The van der Waals surface area contributed by atoms with Crippen molar-refractivity contribution in [2.45, 2.75) is 0 Å². The summed E-state index contributed by atoms with van der Waals surface area (Å²) in [5, 5.41) is 3.05. The SMILES string of the molecule is C#CCNc1cc2[nH]c(=O)[nH]c2cc1Br. The monoisotopic (exact) mass is 265 g/mol. The average molecular weight is 266 g/mol. The maximum atomic E-state index is 11.0. The number of aromatic nitrogens is 2. The standard InChI is InChI=1S/C10H8BrN3O/c1-2-3-12-7-5-9-8(4-6(7)11)13-10(15)14-9/h1,4-5,12H,3H2,(H2,13,14,15). The van der Waals surface area contributed by atoms with E-state index < -0.39 is 0 Å². The third kappa shape index (κ3) is 1.90. The summed E-state index contributed by atoms with van der Waals surface area (Å²) in [7, 11) is 0. The van der Waals surface area contributed by atoms with Gasteiger partial charge in [0.15, 0.2) is 0 Å². The Balaban J connectivity index is 2.52. The first-order valence-corrected chi connectivity index (χ1v) is 5.09. The molecule has 4 nitrogen and oxygen atoms in total. The van der Waals surface area contributed by atoms with Gasteiger partial charge in [-0.1, -0.05) is 5.92 Å². The van der Waals surface area contributed by atoms with Gasteiger partial charge in [-0.15, -0.1) is 6.42 Å². The number of terminal acetylenes is 1. The van der Waals surface area contributed by atoms with E-state index in [2.05, 4.69) is 37.1 Å². The summed E-state index contributed by atoms with van der Waals surface area (Å²) in [4.78, 5) is 16.4. The van der Waals surface area contributed by atoms with Crippen LogP contribution in [0.15, 0.2) is 21.4 Å². The maximum absolute atomic E-state index is 11.0. The summed E-state index contributed by atoms with van der Waals surface area (Å²) < 4.78 is 0.862. The summed E-state index contributed by atoms with van der Waals surface area (Å²) in [5.41, 5.74) is 2.16. The molecule has 0 unspecified atom stereocenters. The van der Waals surface area contributed by atoms with E-state index in [9.17, 15) is 4.79 Å². The van der Waals surface area contributed by atoms with Gasteiger partial charge in [-0.3, -0.25) is 0 Å². The summed E-state index contributed by atoms with van der Waals surface area (Å²) >= 11 is 3.39. The molecule has 0 amide bonds. The lowest BCUT2D eigenvalue weighted by Crippen LogP contribution is -1.99.